The zero-order valence-corrected chi connectivity index (χ0v) is 22.5. The number of benzene rings is 4. The van der Waals surface area contributed by atoms with Crippen LogP contribution in [0.2, 0.25) is 0 Å². The second-order valence-electron chi connectivity index (χ2n) is 8.46. The molecule has 204 valence electrons. The Kier molecular flexibility index (Phi) is 8.15. The maximum atomic E-state index is 14.2. The monoisotopic (exact) mass is 554 g/mol. The predicted molar refractivity (Wildman–Crippen MR) is 145 cm³/mol. The van der Waals surface area contributed by atoms with Crippen LogP contribution < -0.4 is 23.1 Å². The molecule has 4 aromatic carbocycles. The first-order valence-electron chi connectivity index (χ1n) is 11.7. The Bertz CT molecular complexity index is 1590. The van der Waals surface area contributed by atoms with Crippen molar-refractivity contribution in [2.24, 2.45) is 0 Å². The summed E-state index contributed by atoms with van der Waals surface area (Å²) in [5, 5.41) is 9.64. The standard InChI is InChI=1S/C29H27FO8S/c1-34-25-15-20(11-13-24(25)37-17-18-8-6-5-7-9-18)27-26(35-2)16-21(19-10-12-23(31)22(30)14-19)28(36-3)29(27)38-39(4,32)33/h5-16,31H,17H2,1-4H3. The fourth-order valence-corrected chi connectivity index (χ4v) is 4.51. The van der Waals surface area contributed by atoms with Crippen LogP contribution in [0, 0.1) is 5.82 Å². The molecule has 0 fully saturated rings. The first kappa shape index (κ1) is 27.6. The third-order valence-corrected chi connectivity index (χ3v) is 6.28. The van der Waals surface area contributed by atoms with Gasteiger partial charge in [0, 0.05) is 5.56 Å². The van der Waals surface area contributed by atoms with Gasteiger partial charge < -0.3 is 28.2 Å². The summed E-state index contributed by atoms with van der Waals surface area (Å²) in [5.74, 6) is -0.461. The average Bonchev–Trinajstić information content (AvgIpc) is 2.92. The lowest BCUT2D eigenvalue weighted by molar-refractivity contribution is 0.284. The molecule has 0 radical (unpaired) electrons. The SMILES string of the molecule is COc1cc(-c2c(OC)cc(-c3ccc(O)c(F)c3)c(OC)c2OS(C)(=O)=O)ccc1OCc1ccccc1. The van der Waals surface area contributed by atoms with Gasteiger partial charge in [0.2, 0.25) is 0 Å². The lowest BCUT2D eigenvalue weighted by atomic mass is 9.96. The van der Waals surface area contributed by atoms with E-state index in [0.717, 1.165) is 17.9 Å². The molecule has 0 amide bonds. The van der Waals surface area contributed by atoms with Crippen LogP contribution in [0.4, 0.5) is 4.39 Å². The van der Waals surface area contributed by atoms with E-state index in [2.05, 4.69) is 0 Å². The Morgan fingerprint density at radius 1 is 0.769 bits per heavy atom. The maximum absolute atomic E-state index is 14.2. The van der Waals surface area contributed by atoms with Crippen molar-refractivity contribution < 1.29 is 41.0 Å². The summed E-state index contributed by atoms with van der Waals surface area (Å²) >= 11 is 0. The van der Waals surface area contributed by atoms with Crippen LogP contribution in [0.15, 0.2) is 72.8 Å². The largest absolute Gasteiger partial charge is 0.505 e. The molecule has 0 aliphatic carbocycles. The molecule has 39 heavy (non-hydrogen) atoms. The van der Waals surface area contributed by atoms with E-state index in [1.54, 1.807) is 24.3 Å². The normalized spacial score (nSPS) is 11.1. The number of methoxy groups -OCH3 is 3. The van der Waals surface area contributed by atoms with E-state index in [9.17, 15) is 17.9 Å². The lowest BCUT2D eigenvalue weighted by Gasteiger charge is -2.21. The van der Waals surface area contributed by atoms with Crippen LogP contribution in [0.25, 0.3) is 22.3 Å². The summed E-state index contributed by atoms with van der Waals surface area (Å²) in [4.78, 5) is 0. The molecule has 0 saturated carbocycles. The average molecular weight is 555 g/mol. The summed E-state index contributed by atoms with van der Waals surface area (Å²) in [7, 11) is 0.184. The first-order chi connectivity index (χ1) is 18.6. The second kappa shape index (κ2) is 11.5. The van der Waals surface area contributed by atoms with Gasteiger partial charge in [0.15, 0.2) is 34.6 Å². The molecule has 0 spiro atoms. The van der Waals surface area contributed by atoms with Crippen molar-refractivity contribution in [1.29, 1.82) is 0 Å². The molecule has 4 aromatic rings. The van der Waals surface area contributed by atoms with E-state index in [1.165, 1.54) is 33.5 Å². The van der Waals surface area contributed by atoms with Crippen molar-refractivity contribution in [3.05, 3.63) is 84.2 Å². The Hall–Kier alpha value is -4.44. The molecule has 4 rings (SSSR count). The topological polar surface area (TPSA) is 101 Å². The Balaban J connectivity index is 1.89. The number of ether oxygens (including phenoxy) is 4. The zero-order chi connectivity index (χ0) is 28.2. The van der Waals surface area contributed by atoms with E-state index in [0.29, 0.717) is 29.2 Å². The Morgan fingerprint density at radius 2 is 1.46 bits per heavy atom. The third kappa shape index (κ3) is 6.18. The quantitative estimate of drug-likeness (QED) is 0.245. The number of rotatable bonds is 10. The predicted octanol–water partition coefficient (Wildman–Crippen LogP) is 5.81. The fourth-order valence-electron chi connectivity index (χ4n) is 4.05. The summed E-state index contributed by atoms with van der Waals surface area (Å²) in [6.45, 7) is 0.314. The maximum Gasteiger partial charge on any atom is 0.306 e. The number of halogens is 1. The van der Waals surface area contributed by atoms with E-state index in [-0.39, 0.29) is 28.4 Å². The van der Waals surface area contributed by atoms with Gasteiger partial charge in [-0.15, -0.1) is 0 Å². The highest BCUT2D eigenvalue weighted by Gasteiger charge is 2.27. The molecule has 0 saturated heterocycles. The molecule has 0 aromatic heterocycles. The minimum Gasteiger partial charge on any atom is -0.505 e. The lowest BCUT2D eigenvalue weighted by Crippen LogP contribution is -2.09. The summed E-state index contributed by atoms with van der Waals surface area (Å²) < 4.78 is 67.1. The second-order valence-corrected chi connectivity index (χ2v) is 10.0. The van der Waals surface area contributed by atoms with E-state index in [4.69, 9.17) is 23.1 Å². The van der Waals surface area contributed by atoms with Crippen LogP contribution in [0.5, 0.6) is 34.5 Å². The third-order valence-electron chi connectivity index (χ3n) is 5.81. The molecule has 10 heteroatoms. The van der Waals surface area contributed by atoms with Gasteiger partial charge >= 0.3 is 10.1 Å². The molecule has 0 atom stereocenters. The molecule has 0 aliphatic rings. The molecule has 0 aliphatic heterocycles. The van der Waals surface area contributed by atoms with Crippen LogP contribution in [-0.4, -0.2) is 41.1 Å². The van der Waals surface area contributed by atoms with Crippen molar-refractivity contribution in [3.8, 4) is 56.8 Å². The summed E-state index contributed by atoms with van der Waals surface area (Å²) in [6.07, 6.45) is 0.899. The van der Waals surface area contributed by atoms with Crippen molar-refractivity contribution in [2.45, 2.75) is 6.61 Å². The van der Waals surface area contributed by atoms with Crippen molar-refractivity contribution in [2.75, 3.05) is 27.6 Å². The van der Waals surface area contributed by atoms with Gasteiger partial charge in [-0.1, -0.05) is 42.5 Å². The zero-order valence-electron chi connectivity index (χ0n) is 21.7. The van der Waals surface area contributed by atoms with Gasteiger partial charge in [-0.05, 0) is 47.0 Å². The van der Waals surface area contributed by atoms with Crippen LogP contribution in [0.3, 0.4) is 0 Å². The van der Waals surface area contributed by atoms with Gasteiger partial charge in [0.05, 0.1) is 33.1 Å². The highest BCUT2D eigenvalue weighted by Crippen LogP contribution is 2.51. The van der Waals surface area contributed by atoms with Gasteiger partial charge in [0.25, 0.3) is 0 Å². The highest BCUT2D eigenvalue weighted by atomic mass is 32.2. The van der Waals surface area contributed by atoms with E-state index >= 15 is 0 Å². The van der Waals surface area contributed by atoms with Crippen LogP contribution >= 0.6 is 0 Å². The van der Waals surface area contributed by atoms with Crippen molar-refractivity contribution in [3.63, 3.8) is 0 Å². The summed E-state index contributed by atoms with van der Waals surface area (Å²) in [6, 6.07) is 20.0. The molecule has 0 heterocycles. The number of aromatic hydroxyl groups is 1. The van der Waals surface area contributed by atoms with Crippen molar-refractivity contribution >= 4 is 10.1 Å². The van der Waals surface area contributed by atoms with E-state index in [1.807, 2.05) is 30.3 Å². The number of phenolic OH excluding ortho intramolecular Hbond substituents is 1. The molecular formula is C29H27FO8S. The molecular weight excluding hydrogens is 527 g/mol. The first-order valence-corrected chi connectivity index (χ1v) is 13.5. The highest BCUT2D eigenvalue weighted by molar-refractivity contribution is 7.86. The fraction of sp³-hybridized carbons (Fsp3) is 0.172. The number of phenols is 1. The van der Waals surface area contributed by atoms with E-state index < -0.39 is 21.7 Å². The van der Waals surface area contributed by atoms with Crippen LogP contribution in [-0.2, 0) is 16.7 Å². The van der Waals surface area contributed by atoms with Crippen molar-refractivity contribution in [1.82, 2.24) is 0 Å². The Morgan fingerprint density at radius 3 is 2.08 bits per heavy atom. The minimum absolute atomic E-state index is 0.0182. The van der Waals surface area contributed by atoms with Gasteiger partial charge in [-0.25, -0.2) is 4.39 Å². The van der Waals surface area contributed by atoms with Gasteiger partial charge in [-0.2, -0.15) is 8.42 Å². The van der Waals surface area contributed by atoms with Crippen LogP contribution in [0.1, 0.15) is 5.56 Å². The molecule has 8 nitrogen and oxygen atoms in total. The Labute approximate surface area is 226 Å². The smallest absolute Gasteiger partial charge is 0.306 e. The molecule has 0 bridgehead atoms. The minimum atomic E-state index is -4.05. The molecule has 0 unspecified atom stereocenters. The molecule has 1 N–H and O–H groups in total. The van der Waals surface area contributed by atoms with Gasteiger partial charge in [-0.3, -0.25) is 0 Å². The number of hydrogen-bond acceptors (Lipinski definition) is 8. The summed E-state index contributed by atoms with van der Waals surface area (Å²) in [5.41, 5.74) is 2.30. The van der Waals surface area contributed by atoms with Gasteiger partial charge in [0.1, 0.15) is 12.4 Å². The number of hydrogen-bond donors (Lipinski definition) is 1.